The summed E-state index contributed by atoms with van der Waals surface area (Å²) in [6, 6.07) is 15.2. The van der Waals surface area contributed by atoms with Crippen molar-refractivity contribution >= 4 is 11.9 Å². The van der Waals surface area contributed by atoms with E-state index in [1.165, 1.54) is 6.07 Å². The van der Waals surface area contributed by atoms with Crippen molar-refractivity contribution in [2.45, 2.75) is 18.9 Å². The number of carbonyl (C=O) groups is 1. The number of nitrogens with one attached hydrogen (secondary N) is 1. The molecule has 3 rings (SSSR count). The second kappa shape index (κ2) is 7.05. The Kier molecular flexibility index (Phi) is 4.66. The van der Waals surface area contributed by atoms with E-state index in [1.54, 1.807) is 42.5 Å². The van der Waals surface area contributed by atoms with Crippen LogP contribution in [0.2, 0.25) is 0 Å². The van der Waals surface area contributed by atoms with Gasteiger partial charge < -0.3 is 4.74 Å². The van der Waals surface area contributed by atoms with Crippen LogP contribution in [0.3, 0.4) is 0 Å². The molecule has 0 radical (unpaired) electrons. The summed E-state index contributed by atoms with van der Waals surface area (Å²) < 4.78 is 19.4. The second-order valence-electron chi connectivity index (χ2n) is 5.28. The Bertz CT molecular complexity index is 716. The number of ether oxygens (including phenoxy) is 1. The first kappa shape index (κ1) is 15.2. The molecule has 0 aliphatic carbocycles. The molecule has 0 bridgehead atoms. The van der Waals surface area contributed by atoms with E-state index < -0.39 is 0 Å². The topological polar surface area (TPSA) is 50.7 Å². The molecule has 2 aromatic rings. The first-order valence-corrected chi connectivity index (χ1v) is 7.55. The minimum absolute atomic E-state index is 0.143. The summed E-state index contributed by atoms with van der Waals surface area (Å²) in [4.78, 5) is 16.6. The van der Waals surface area contributed by atoms with Crippen molar-refractivity contribution in [3.63, 3.8) is 0 Å². The summed E-state index contributed by atoms with van der Waals surface area (Å²) in [6.07, 6.45) is 1.42. The summed E-state index contributed by atoms with van der Waals surface area (Å²) in [5, 5.41) is 2.66. The van der Waals surface area contributed by atoms with Gasteiger partial charge in [0.15, 0.2) is 0 Å². The molecule has 2 aromatic carbocycles. The van der Waals surface area contributed by atoms with Crippen LogP contribution in [-0.2, 0) is 4.74 Å². The summed E-state index contributed by atoms with van der Waals surface area (Å²) in [6.45, 7) is 0.443. The lowest BCUT2D eigenvalue weighted by Gasteiger charge is -2.12. The zero-order chi connectivity index (χ0) is 16.1. The van der Waals surface area contributed by atoms with Crippen molar-refractivity contribution < 1.29 is 13.9 Å². The molecule has 1 heterocycles. The minimum atomic E-state index is -0.357. The van der Waals surface area contributed by atoms with Gasteiger partial charge in [-0.2, -0.15) is 0 Å². The van der Waals surface area contributed by atoms with Gasteiger partial charge in [-0.25, -0.2) is 9.38 Å². The zero-order valence-electron chi connectivity index (χ0n) is 12.5. The Balaban J connectivity index is 1.80. The highest BCUT2D eigenvalue weighted by Gasteiger charge is 2.20. The molecule has 0 saturated carbocycles. The Labute approximate surface area is 134 Å². The van der Waals surface area contributed by atoms with Gasteiger partial charge in [0.1, 0.15) is 5.82 Å². The van der Waals surface area contributed by atoms with Crippen LogP contribution < -0.4 is 5.32 Å². The van der Waals surface area contributed by atoms with Crippen LogP contribution in [0.5, 0.6) is 0 Å². The third-order valence-corrected chi connectivity index (χ3v) is 3.65. The fraction of sp³-hybridized carbons (Fsp3) is 0.222. The summed E-state index contributed by atoms with van der Waals surface area (Å²) >= 11 is 0. The summed E-state index contributed by atoms with van der Waals surface area (Å²) in [7, 11) is 0. The van der Waals surface area contributed by atoms with Crippen molar-refractivity contribution in [2.24, 2.45) is 4.99 Å². The number of hydrogen-bond acceptors (Lipinski definition) is 3. The lowest BCUT2D eigenvalue weighted by molar-refractivity contribution is 0.0966. The average molecular weight is 312 g/mol. The maximum Gasteiger partial charge on any atom is 0.292 e. The molecule has 1 aliphatic rings. The van der Waals surface area contributed by atoms with E-state index in [4.69, 9.17) is 4.74 Å². The van der Waals surface area contributed by atoms with Crippen molar-refractivity contribution in [3.8, 4) is 0 Å². The minimum Gasteiger partial charge on any atom is -0.465 e. The highest BCUT2D eigenvalue weighted by atomic mass is 19.1. The third-order valence-electron chi connectivity index (χ3n) is 3.65. The number of hydrogen-bond donors (Lipinski definition) is 1. The van der Waals surface area contributed by atoms with E-state index in [0.29, 0.717) is 24.2 Å². The smallest absolute Gasteiger partial charge is 0.292 e. The monoisotopic (exact) mass is 312 g/mol. The summed E-state index contributed by atoms with van der Waals surface area (Å²) in [5.41, 5.74) is 1.04. The molecule has 5 heteroatoms. The van der Waals surface area contributed by atoms with Crippen molar-refractivity contribution in [2.75, 3.05) is 6.61 Å². The van der Waals surface area contributed by atoms with Crippen molar-refractivity contribution in [1.82, 2.24) is 5.32 Å². The van der Waals surface area contributed by atoms with Gasteiger partial charge in [0, 0.05) is 11.1 Å². The number of aliphatic imine (C=N–C) groups is 1. The van der Waals surface area contributed by atoms with Gasteiger partial charge in [-0.05, 0) is 31.0 Å². The van der Waals surface area contributed by atoms with Crippen LogP contribution in [0.25, 0.3) is 0 Å². The van der Waals surface area contributed by atoms with E-state index >= 15 is 0 Å². The third kappa shape index (κ3) is 3.74. The molecule has 0 aromatic heterocycles. The predicted octanol–water partition coefficient (Wildman–Crippen LogP) is 3.46. The Morgan fingerprint density at radius 2 is 1.87 bits per heavy atom. The van der Waals surface area contributed by atoms with E-state index in [9.17, 15) is 9.18 Å². The molecule has 0 spiro atoms. The Hall–Kier alpha value is -2.69. The molecule has 1 unspecified atom stereocenters. The molecule has 0 fully saturated rings. The van der Waals surface area contributed by atoms with Gasteiger partial charge in [-0.15, -0.1) is 0 Å². The number of benzene rings is 2. The van der Waals surface area contributed by atoms with Crippen LogP contribution in [0.4, 0.5) is 4.39 Å². The lowest BCUT2D eigenvalue weighted by atomic mass is 10.0. The fourth-order valence-electron chi connectivity index (χ4n) is 2.49. The predicted molar refractivity (Wildman–Crippen MR) is 85.7 cm³/mol. The van der Waals surface area contributed by atoms with Crippen LogP contribution >= 0.6 is 0 Å². The fourth-order valence-corrected chi connectivity index (χ4v) is 2.49. The highest BCUT2D eigenvalue weighted by molar-refractivity contribution is 6.04. The first-order chi connectivity index (χ1) is 11.2. The van der Waals surface area contributed by atoms with Crippen LogP contribution in [-0.4, -0.2) is 18.5 Å². The molecule has 4 nitrogen and oxygen atoms in total. The molecular weight excluding hydrogens is 295 g/mol. The zero-order valence-corrected chi connectivity index (χ0v) is 12.5. The van der Waals surface area contributed by atoms with Gasteiger partial charge in [0.05, 0.1) is 12.6 Å². The van der Waals surface area contributed by atoms with Crippen molar-refractivity contribution in [3.05, 3.63) is 71.5 Å². The second-order valence-corrected chi connectivity index (χ2v) is 5.28. The van der Waals surface area contributed by atoms with Gasteiger partial charge >= 0.3 is 0 Å². The van der Waals surface area contributed by atoms with Gasteiger partial charge in [-0.3, -0.25) is 10.1 Å². The SMILES string of the molecule is O=C(NC1=NC(c2ccccc2F)CCCO1)c1ccccc1. The van der Waals surface area contributed by atoms with E-state index in [-0.39, 0.29) is 23.8 Å². The number of carbonyl (C=O) groups excluding carboxylic acids is 1. The number of amidine groups is 1. The molecule has 1 N–H and O–H groups in total. The van der Waals surface area contributed by atoms with Crippen LogP contribution in [0, 0.1) is 5.82 Å². The molecule has 1 amide bonds. The van der Waals surface area contributed by atoms with Crippen molar-refractivity contribution in [1.29, 1.82) is 0 Å². The number of rotatable bonds is 2. The number of amides is 1. The normalized spacial score (nSPS) is 17.6. The number of nitrogens with zero attached hydrogens (tertiary/aromatic N) is 1. The van der Waals surface area contributed by atoms with E-state index in [2.05, 4.69) is 10.3 Å². The van der Waals surface area contributed by atoms with Gasteiger partial charge in [0.2, 0.25) is 0 Å². The molecule has 1 aliphatic heterocycles. The molecule has 23 heavy (non-hydrogen) atoms. The average Bonchev–Trinajstić information content (AvgIpc) is 2.81. The maximum atomic E-state index is 14.0. The molecule has 118 valence electrons. The molecule has 1 atom stereocenters. The quantitative estimate of drug-likeness (QED) is 0.923. The molecule has 0 saturated heterocycles. The summed E-state index contributed by atoms with van der Waals surface area (Å²) in [5.74, 6) is -0.588. The highest BCUT2D eigenvalue weighted by Crippen LogP contribution is 2.27. The standard InChI is InChI=1S/C18H17FN2O2/c19-15-10-5-4-9-14(15)16-11-6-12-23-18(20-16)21-17(22)13-7-2-1-3-8-13/h1-5,7-10,16H,6,11-12H2,(H,20,21,22). The van der Waals surface area contributed by atoms with Crippen LogP contribution in [0.15, 0.2) is 59.6 Å². The number of halogens is 1. The van der Waals surface area contributed by atoms with E-state index in [0.717, 1.165) is 6.42 Å². The Morgan fingerprint density at radius 1 is 1.13 bits per heavy atom. The van der Waals surface area contributed by atoms with E-state index in [1.807, 2.05) is 6.07 Å². The first-order valence-electron chi connectivity index (χ1n) is 7.55. The lowest BCUT2D eigenvalue weighted by Crippen LogP contribution is -2.32. The van der Waals surface area contributed by atoms with Gasteiger partial charge in [0.25, 0.3) is 11.9 Å². The Morgan fingerprint density at radius 3 is 2.65 bits per heavy atom. The van der Waals surface area contributed by atoms with Crippen LogP contribution in [0.1, 0.15) is 34.8 Å². The maximum absolute atomic E-state index is 14.0. The molecular formula is C18H17FN2O2. The largest absolute Gasteiger partial charge is 0.465 e. The van der Waals surface area contributed by atoms with Gasteiger partial charge in [-0.1, -0.05) is 36.4 Å².